The van der Waals surface area contributed by atoms with Crippen molar-refractivity contribution in [2.24, 2.45) is 11.8 Å². The maximum absolute atomic E-state index is 12.2. The van der Waals surface area contributed by atoms with Crippen LogP contribution < -0.4 is 0 Å². The van der Waals surface area contributed by atoms with Crippen LogP contribution in [0.15, 0.2) is 35.2 Å². The Morgan fingerprint density at radius 2 is 2.05 bits per heavy atom. The van der Waals surface area contributed by atoms with Crippen molar-refractivity contribution in [1.82, 2.24) is 4.90 Å². The Morgan fingerprint density at radius 1 is 1.26 bits per heavy atom. The van der Waals surface area contributed by atoms with Crippen LogP contribution in [0.1, 0.15) is 12.8 Å². The van der Waals surface area contributed by atoms with Crippen molar-refractivity contribution < 1.29 is 9.90 Å². The molecule has 102 valence electrons. The van der Waals surface area contributed by atoms with Crippen molar-refractivity contribution in [2.45, 2.75) is 23.8 Å². The monoisotopic (exact) mass is 277 g/mol. The van der Waals surface area contributed by atoms with E-state index >= 15 is 0 Å². The Hall–Kier alpha value is -1.00. The molecule has 1 N–H and O–H groups in total. The summed E-state index contributed by atoms with van der Waals surface area (Å²) in [5.41, 5.74) is 0. The Bertz CT molecular complexity index is 451. The van der Waals surface area contributed by atoms with E-state index in [4.69, 9.17) is 0 Å². The number of rotatable bonds is 3. The Labute approximate surface area is 118 Å². The van der Waals surface area contributed by atoms with E-state index in [1.54, 1.807) is 11.8 Å². The summed E-state index contributed by atoms with van der Waals surface area (Å²) in [5, 5.41) is 9.86. The minimum absolute atomic E-state index is 0.190. The highest BCUT2D eigenvalue weighted by molar-refractivity contribution is 8.00. The van der Waals surface area contributed by atoms with Gasteiger partial charge in [0.1, 0.15) is 0 Å². The zero-order chi connectivity index (χ0) is 13.2. The van der Waals surface area contributed by atoms with Gasteiger partial charge in [-0.1, -0.05) is 18.2 Å². The van der Waals surface area contributed by atoms with Crippen molar-refractivity contribution in [3.05, 3.63) is 30.3 Å². The highest BCUT2D eigenvalue weighted by Gasteiger charge is 2.43. The third-order valence-corrected chi connectivity index (χ3v) is 5.27. The summed E-state index contributed by atoms with van der Waals surface area (Å²) in [7, 11) is 0. The third kappa shape index (κ3) is 2.79. The van der Waals surface area contributed by atoms with Crippen molar-refractivity contribution in [2.75, 3.05) is 18.8 Å². The molecule has 0 radical (unpaired) electrons. The molecule has 3 nitrogen and oxygen atoms in total. The molecule has 3 unspecified atom stereocenters. The Balaban J connectivity index is 1.52. The minimum atomic E-state index is -0.190. The number of aliphatic hydroxyl groups excluding tert-OH is 1. The SMILES string of the molecule is O=C(CSc1ccccc1)N1CC2CCC(O)C2C1. The maximum atomic E-state index is 12.2. The highest BCUT2D eigenvalue weighted by Crippen LogP contribution is 2.38. The summed E-state index contributed by atoms with van der Waals surface area (Å²) in [5.74, 6) is 1.56. The topological polar surface area (TPSA) is 40.5 Å². The molecule has 3 rings (SSSR count). The van der Waals surface area contributed by atoms with Crippen LogP contribution in [0.5, 0.6) is 0 Å². The summed E-state index contributed by atoms with van der Waals surface area (Å²) in [6.07, 6.45) is 1.79. The largest absolute Gasteiger partial charge is 0.393 e. The Kier molecular flexibility index (Phi) is 3.80. The molecular formula is C15H19NO2S. The van der Waals surface area contributed by atoms with E-state index in [0.717, 1.165) is 30.8 Å². The number of hydrogen-bond acceptors (Lipinski definition) is 3. The molecule has 3 atom stereocenters. The van der Waals surface area contributed by atoms with Gasteiger partial charge in [0.25, 0.3) is 0 Å². The molecular weight excluding hydrogens is 258 g/mol. The number of fused-ring (bicyclic) bond motifs is 1. The summed E-state index contributed by atoms with van der Waals surface area (Å²) >= 11 is 1.59. The average molecular weight is 277 g/mol. The molecule has 0 bridgehead atoms. The van der Waals surface area contributed by atoms with E-state index in [9.17, 15) is 9.90 Å². The van der Waals surface area contributed by atoms with Gasteiger partial charge in [-0.15, -0.1) is 11.8 Å². The van der Waals surface area contributed by atoms with Crippen molar-refractivity contribution in [3.8, 4) is 0 Å². The molecule has 1 aromatic carbocycles. The van der Waals surface area contributed by atoms with Gasteiger partial charge in [0.15, 0.2) is 0 Å². The minimum Gasteiger partial charge on any atom is -0.393 e. The van der Waals surface area contributed by atoms with Gasteiger partial charge >= 0.3 is 0 Å². The normalized spacial score (nSPS) is 29.5. The lowest BCUT2D eigenvalue weighted by atomic mass is 10.00. The molecule has 1 saturated carbocycles. The van der Waals surface area contributed by atoms with E-state index in [2.05, 4.69) is 0 Å². The number of nitrogens with zero attached hydrogens (tertiary/aromatic N) is 1. The van der Waals surface area contributed by atoms with Crippen LogP contribution >= 0.6 is 11.8 Å². The second-order valence-electron chi connectivity index (χ2n) is 5.47. The van der Waals surface area contributed by atoms with Gasteiger partial charge in [-0.2, -0.15) is 0 Å². The number of likely N-dealkylation sites (tertiary alicyclic amines) is 1. The number of aliphatic hydroxyl groups is 1. The fourth-order valence-corrected chi connectivity index (χ4v) is 4.02. The lowest BCUT2D eigenvalue weighted by Gasteiger charge is -2.18. The van der Waals surface area contributed by atoms with Crippen molar-refractivity contribution >= 4 is 17.7 Å². The van der Waals surface area contributed by atoms with Crippen LogP contribution in [0.2, 0.25) is 0 Å². The van der Waals surface area contributed by atoms with Gasteiger partial charge in [0, 0.05) is 23.9 Å². The van der Waals surface area contributed by atoms with E-state index in [1.165, 1.54) is 0 Å². The molecule has 1 amide bonds. The molecule has 1 heterocycles. The molecule has 0 spiro atoms. The lowest BCUT2D eigenvalue weighted by Crippen LogP contribution is -2.32. The smallest absolute Gasteiger partial charge is 0.232 e. The number of hydrogen-bond donors (Lipinski definition) is 1. The zero-order valence-electron chi connectivity index (χ0n) is 10.9. The fourth-order valence-electron chi connectivity index (χ4n) is 3.19. The first-order valence-corrected chi connectivity index (χ1v) is 7.86. The van der Waals surface area contributed by atoms with Gasteiger partial charge in [-0.25, -0.2) is 0 Å². The summed E-state index contributed by atoms with van der Waals surface area (Å²) in [6.45, 7) is 1.59. The summed E-state index contributed by atoms with van der Waals surface area (Å²) in [4.78, 5) is 15.3. The van der Waals surface area contributed by atoms with Crippen LogP contribution in [0.25, 0.3) is 0 Å². The van der Waals surface area contributed by atoms with E-state index < -0.39 is 0 Å². The molecule has 1 aliphatic carbocycles. The van der Waals surface area contributed by atoms with E-state index in [-0.39, 0.29) is 12.0 Å². The number of carbonyl (C=O) groups is 1. The molecule has 2 aliphatic rings. The molecule has 1 saturated heterocycles. The number of amides is 1. The van der Waals surface area contributed by atoms with Gasteiger partial charge in [-0.3, -0.25) is 4.79 Å². The van der Waals surface area contributed by atoms with Crippen LogP contribution in [-0.4, -0.2) is 40.9 Å². The second-order valence-corrected chi connectivity index (χ2v) is 6.52. The van der Waals surface area contributed by atoms with Crippen LogP contribution in [0.3, 0.4) is 0 Å². The second kappa shape index (κ2) is 5.55. The predicted octanol–water partition coefficient (Wildman–Crippen LogP) is 2.01. The van der Waals surface area contributed by atoms with E-state index in [1.807, 2.05) is 35.2 Å². The molecule has 1 aliphatic heterocycles. The summed E-state index contributed by atoms with van der Waals surface area (Å²) in [6, 6.07) is 10.0. The number of carbonyl (C=O) groups excluding carboxylic acids is 1. The highest BCUT2D eigenvalue weighted by atomic mass is 32.2. The molecule has 1 aromatic rings. The van der Waals surface area contributed by atoms with Gasteiger partial charge in [-0.05, 0) is 30.9 Å². The van der Waals surface area contributed by atoms with Gasteiger partial charge in [0.05, 0.1) is 11.9 Å². The molecule has 4 heteroatoms. The zero-order valence-corrected chi connectivity index (χ0v) is 11.7. The predicted molar refractivity (Wildman–Crippen MR) is 76.0 cm³/mol. The van der Waals surface area contributed by atoms with Crippen molar-refractivity contribution in [3.63, 3.8) is 0 Å². The van der Waals surface area contributed by atoms with E-state index in [0.29, 0.717) is 17.6 Å². The maximum Gasteiger partial charge on any atom is 0.232 e. The van der Waals surface area contributed by atoms with Crippen LogP contribution in [-0.2, 0) is 4.79 Å². The number of benzene rings is 1. The van der Waals surface area contributed by atoms with Gasteiger partial charge in [0.2, 0.25) is 5.91 Å². The third-order valence-electron chi connectivity index (χ3n) is 4.28. The van der Waals surface area contributed by atoms with Crippen LogP contribution in [0.4, 0.5) is 0 Å². The average Bonchev–Trinajstić information content (AvgIpc) is 3.00. The first-order valence-electron chi connectivity index (χ1n) is 6.88. The first kappa shape index (κ1) is 13.0. The number of thioether (sulfide) groups is 1. The molecule has 2 fully saturated rings. The van der Waals surface area contributed by atoms with Gasteiger partial charge < -0.3 is 10.0 Å². The summed E-state index contributed by atoms with van der Waals surface area (Å²) < 4.78 is 0. The lowest BCUT2D eigenvalue weighted by molar-refractivity contribution is -0.127. The molecule has 0 aromatic heterocycles. The van der Waals surface area contributed by atoms with Crippen molar-refractivity contribution in [1.29, 1.82) is 0 Å². The standard InChI is InChI=1S/C15H19NO2S/c17-14-7-6-11-8-16(9-13(11)14)15(18)10-19-12-4-2-1-3-5-12/h1-5,11,13-14,17H,6-10H2. The fraction of sp³-hybridized carbons (Fsp3) is 0.533. The quantitative estimate of drug-likeness (QED) is 0.859. The Morgan fingerprint density at radius 3 is 2.79 bits per heavy atom. The molecule has 19 heavy (non-hydrogen) atoms. The van der Waals surface area contributed by atoms with Crippen LogP contribution in [0, 0.1) is 11.8 Å². The first-order chi connectivity index (χ1) is 9.24.